The van der Waals surface area contributed by atoms with E-state index in [1.54, 1.807) is 11.8 Å². The Labute approximate surface area is 273 Å². The van der Waals surface area contributed by atoms with Crippen molar-refractivity contribution in [1.82, 2.24) is 24.4 Å². The first-order valence-corrected chi connectivity index (χ1v) is 15.3. The predicted octanol–water partition coefficient (Wildman–Crippen LogP) is 4.51. The maximum absolute atomic E-state index is 16.1. The van der Waals surface area contributed by atoms with Crippen LogP contribution in [0.15, 0.2) is 64.2 Å². The molecule has 0 bridgehead atoms. The quantitative estimate of drug-likeness (QED) is 0.438. The maximum atomic E-state index is 16.1. The number of amides is 1. The highest BCUT2D eigenvalue weighted by Gasteiger charge is 2.39. The van der Waals surface area contributed by atoms with Gasteiger partial charge in [0.25, 0.3) is 0 Å². The predicted molar refractivity (Wildman–Crippen MR) is 171 cm³/mol. The highest BCUT2D eigenvalue weighted by atomic mass is 19.1. The molecule has 4 heterocycles. The summed E-state index contributed by atoms with van der Waals surface area (Å²) < 4.78 is 45.9. The van der Waals surface area contributed by atoms with Gasteiger partial charge in [-0.25, -0.2) is 37.6 Å². The molecule has 0 unspecified atom stereocenters. The lowest BCUT2D eigenvalue weighted by molar-refractivity contribution is -0.127. The van der Waals surface area contributed by atoms with Crippen molar-refractivity contribution in [1.29, 1.82) is 0 Å². The molecule has 5 rings (SSSR count). The smallest absolute Gasteiger partial charge is 0.350 e. The van der Waals surface area contributed by atoms with Crippen LogP contribution in [0.4, 0.5) is 24.8 Å². The first kappa shape index (κ1) is 34.2. The first-order valence-electron chi connectivity index (χ1n) is 15.3. The number of ketones is 2. The van der Waals surface area contributed by atoms with Gasteiger partial charge in [0.05, 0.1) is 28.2 Å². The Balaban J connectivity index is 1.78. The number of piperazine rings is 1. The van der Waals surface area contributed by atoms with Gasteiger partial charge in [0.15, 0.2) is 23.3 Å². The third-order valence-corrected chi connectivity index (χ3v) is 8.13. The van der Waals surface area contributed by atoms with E-state index < -0.39 is 52.2 Å². The number of fused-ring (bicyclic) bond motifs is 1. The van der Waals surface area contributed by atoms with Gasteiger partial charge in [-0.2, -0.15) is 4.98 Å². The second-order valence-corrected chi connectivity index (χ2v) is 12.3. The molecule has 1 N–H and O–H groups in total. The molecule has 2 aromatic rings. The molecule has 15 heteroatoms. The molecule has 252 valence electrons. The maximum Gasteiger partial charge on any atom is 0.355 e. The van der Waals surface area contributed by atoms with Crippen LogP contribution in [-0.2, 0) is 14.4 Å². The number of anilines is 2. The number of carbonyl (C=O) groups excluding carboxylic acids is 3. The zero-order valence-electron chi connectivity index (χ0n) is 27.2. The molecule has 1 fully saturated rings. The zero-order chi connectivity index (χ0) is 35.2. The second kappa shape index (κ2) is 13.1. The highest BCUT2D eigenvalue weighted by Crippen LogP contribution is 2.43. The fourth-order valence-electron chi connectivity index (χ4n) is 5.90. The third kappa shape index (κ3) is 6.12. The molecule has 0 aromatic carbocycles. The molecular weight excluding hydrogens is 631 g/mol. The molecule has 0 radical (unpaired) electrons. The SMILES string of the molecule is CC(=O)/C=C/C(=O)N1CCN(c2nc(=O)n(-c3c(C(C)C)ncnc3C(C)C)c3c2C=C(F)/C(=C2\C=C(F)C=C(F)C2=O)N3O)[C@@H](C)C1. The largest absolute Gasteiger partial charge is 0.355 e. The number of hydroxylamine groups is 1. The van der Waals surface area contributed by atoms with Gasteiger partial charge in [0, 0.05) is 37.8 Å². The fraction of sp³-hybridized carbons (Fsp3) is 0.364. The van der Waals surface area contributed by atoms with Crippen LogP contribution in [0, 0.1) is 0 Å². The molecule has 48 heavy (non-hydrogen) atoms. The standard InChI is InChI=1S/C33H34F3N7O5/c1-16(2)26-29(27(17(3)4)38-15-37-26)42-32-22(13-23(35)28(43(32)48)21-11-20(34)12-24(36)30(21)46)31(39-33(42)47)41-10-9-40(14-18(41)5)25(45)8-7-19(6)44/h7-8,11-13,15-18,48H,9-10,14H2,1-6H3/b8-7+,28-21-/t18-/m0/s1. The Bertz CT molecular complexity index is 1920. The first-order chi connectivity index (χ1) is 22.6. The van der Waals surface area contributed by atoms with Gasteiger partial charge in [0.1, 0.15) is 23.7 Å². The van der Waals surface area contributed by atoms with Gasteiger partial charge in [-0.15, -0.1) is 0 Å². The number of aromatic nitrogens is 4. The van der Waals surface area contributed by atoms with Crippen LogP contribution in [0.3, 0.4) is 0 Å². The monoisotopic (exact) mass is 665 g/mol. The van der Waals surface area contributed by atoms with E-state index in [-0.39, 0.29) is 65.2 Å². The second-order valence-electron chi connectivity index (χ2n) is 12.3. The molecule has 1 atom stereocenters. The van der Waals surface area contributed by atoms with Gasteiger partial charge < -0.3 is 9.80 Å². The Morgan fingerprint density at radius 3 is 2.19 bits per heavy atom. The number of allylic oxidation sites excluding steroid dienone is 7. The van der Waals surface area contributed by atoms with Crippen LogP contribution in [0.1, 0.15) is 70.3 Å². The fourth-order valence-corrected chi connectivity index (χ4v) is 5.90. The van der Waals surface area contributed by atoms with Crippen LogP contribution >= 0.6 is 0 Å². The van der Waals surface area contributed by atoms with E-state index in [0.717, 1.165) is 16.7 Å². The van der Waals surface area contributed by atoms with Crippen molar-refractivity contribution in [2.75, 3.05) is 29.6 Å². The van der Waals surface area contributed by atoms with Gasteiger partial charge >= 0.3 is 5.69 Å². The Kier molecular flexibility index (Phi) is 9.35. The number of nitrogens with zero attached hydrogens (tertiary/aromatic N) is 7. The Morgan fingerprint density at radius 1 is 0.958 bits per heavy atom. The van der Waals surface area contributed by atoms with E-state index in [1.807, 2.05) is 27.7 Å². The topological polar surface area (TPSA) is 142 Å². The average Bonchev–Trinajstić information content (AvgIpc) is 3.01. The lowest BCUT2D eigenvalue weighted by Gasteiger charge is -2.41. The minimum Gasteiger partial charge on any atom is -0.350 e. The van der Waals surface area contributed by atoms with Crippen molar-refractivity contribution in [3.05, 3.63) is 86.8 Å². The number of halogens is 3. The normalized spacial score (nSPS) is 20.0. The van der Waals surface area contributed by atoms with E-state index >= 15 is 4.39 Å². The summed E-state index contributed by atoms with van der Waals surface area (Å²) in [4.78, 5) is 67.4. The highest BCUT2D eigenvalue weighted by molar-refractivity contribution is 6.12. The van der Waals surface area contributed by atoms with Crippen LogP contribution in [0.2, 0.25) is 0 Å². The van der Waals surface area contributed by atoms with Gasteiger partial charge in [-0.05, 0) is 43.9 Å². The van der Waals surface area contributed by atoms with E-state index in [4.69, 9.17) is 0 Å². The number of Topliss-reactive ketones (excluding diaryl/α,β-unsaturated/α-hetero) is 1. The van der Waals surface area contributed by atoms with E-state index in [0.29, 0.717) is 23.5 Å². The van der Waals surface area contributed by atoms with E-state index in [2.05, 4.69) is 15.0 Å². The summed E-state index contributed by atoms with van der Waals surface area (Å²) in [5, 5.41) is 12.0. The molecule has 0 spiro atoms. The van der Waals surface area contributed by atoms with E-state index in [9.17, 15) is 33.2 Å². The summed E-state index contributed by atoms with van der Waals surface area (Å²) in [6, 6.07) is -0.489. The number of hydrogen-bond donors (Lipinski definition) is 1. The Hall–Kier alpha value is -5.18. The molecule has 1 aliphatic carbocycles. The van der Waals surface area contributed by atoms with Gasteiger partial charge in [0.2, 0.25) is 11.7 Å². The van der Waals surface area contributed by atoms with Crippen molar-refractivity contribution in [2.24, 2.45) is 0 Å². The Morgan fingerprint density at radius 2 is 1.60 bits per heavy atom. The summed E-state index contributed by atoms with van der Waals surface area (Å²) in [6.07, 6.45) is 5.55. The summed E-state index contributed by atoms with van der Waals surface area (Å²) in [5.74, 6) is -6.93. The van der Waals surface area contributed by atoms with Crippen molar-refractivity contribution >= 4 is 35.2 Å². The number of hydrogen-bond acceptors (Lipinski definition) is 10. The minimum absolute atomic E-state index is 0.0415. The summed E-state index contributed by atoms with van der Waals surface area (Å²) in [6.45, 7) is 10.8. The van der Waals surface area contributed by atoms with Crippen LogP contribution in [0.25, 0.3) is 11.8 Å². The molecule has 0 saturated carbocycles. The summed E-state index contributed by atoms with van der Waals surface area (Å²) in [7, 11) is 0. The molecule has 12 nitrogen and oxygen atoms in total. The molecule has 2 aromatic heterocycles. The zero-order valence-corrected chi connectivity index (χ0v) is 27.2. The van der Waals surface area contributed by atoms with Crippen molar-refractivity contribution in [2.45, 2.75) is 59.4 Å². The average molecular weight is 666 g/mol. The van der Waals surface area contributed by atoms with Crippen molar-refractivity contribution < 1.29 is 32.8 Å². The van der Waals surface area contributed by atoms with Gasteiger partial charge in [-0.3, -0.25) is 19.6 Å². The van der Waals surface area contributed by atoms with Crippen LogP contribution < -0.4 is 15.7 Å². The molecule has 3 aliphatic rings. The summed E-state index contributed by atoms with van der Waals surface area (Å²) >= 11 is 0. The molecule has 2 aliphatic heterocycles. The molecular formula is C33H34F3N7O5. The van der Waals surface area contributed by atoms with Gasteiger partial charge in [-0.1, -0.05) is 27.7 Å². The van der Waals surface area contributed by atoms with E-state index in [1.165, 1.54) is 24.2 Å². The number of carbonyl (C=O) groups is 3. The lowest BCUT2D eigenvalue weighted by atomic mass is 9.98. The summed E-state index contributed by atoms with van der Waals surface area (Å²) in [5.41, 5.74) is -1.73. The third-order valence-electron chi connectivity index (χ3n) is 8.13. The minimum atomic E-state index is -1.50. The van der Waals surface area contributed by atoms with Crippen LogP contribution in [-0.4, -0.2) is 72.8 Å². The number of rotatable bonds is 6. The van der Waals surface area contributed by atoms with Crippen LogP contribution in [0.5, 0.6) is 0 Å². The van der Waals surface area contributed by atoms with Crippen molar-refractivity contribution in [3.8, 4) is 5.69 Å². The molecule has 1 saturated heterocycles. The lowest BCUT2D eigenvalue weighted by Crippen LogP contribution is -2.54. The van der Waals surface area contributed by atoms with Crippen molar-refractivity contribution in [3.63, 3.8) is 0 Å². The molecule has 1 amide bonds.